The number of aliphatic hydroxyl groups excluding tert-OH is 1. The van der Waals surface area contributed by atoms with Crippen LogP contribution < -0.4 is 21.1 Å². The maximum Gasteiger partial charge on any atom is 0.320 e. The highest BCUT2D eigenvalue weighted by molar-refractivity contribution is 7.11. The number of halogens is 2. The Bertz CT molecular complexity index is 907. The average molecular weight is 490 g/mol. The van der Waals surface area contributed by atoms with Crippen molar-refractivity contribution >= 4 is 51.7 Å². The van der Waals surface area contributed by atoms with Gasteiger partial charge in [0.2, 0.25) is 5.88 Å². The molecule has 0 aliphatic carbocycles. The summed E-state index contributed by atoms with van der Waals surface area (Å²) in [5.74, 6) is -0.830. The number of primary amides is 1. The van der Waals surface area contributed by atoms with Crippen LogP contribution in [0.1, 0.15) is 29.8 Å². The van der Waals surface area contributed by atoms with E-state index in [2.05, 4.69) is 15.0 Å². The molecule has 12 heteroatoms. The number of aliphatic hydroxyl groups is 1. The zero-order valence-corrected chi connectivity index (χ0v) is 19.5. The summed E-state index contributed by atoms with van der Waals surface area (Å²) >= 11 is 13.0. The van der Waals surface area contributed by atoms with Gasteiger partial charge in [0.05, 0.1) is 16.1 Å². The van der Waals surface area contributed by atoms with Crippen LogP contribution in [0.15, 0.2) is 18.2 Å². The van der Waals surface area contributed by atoms with Gasteiger partial charge in [-0.1, -0.05) is 49.2 Å². The minimum atomic E-state index is -0.808. The lowest BCUT2D eigenvalue weighted by atomic mass is 10.2. The normalized spacial score (nSPS) is 11.9. The van der Waals surface area contributed by atoms with Gasteiger partial charge >= 0.3 is 6.03 Å². The molecule has 3 amide bonds. The van der Waals surface area contributed by atoms with Crippen LogP contribution >= 0.6 is 34.7 Å². The van der Waals surface area contributed by atoms with Crippen LogP contribution in [-0.4, -0.2) is 58.6 Å². The van der Waals surface area contributed by atoms with E-state index >= 15 is 0 Å². The fourth-order valence-electron chi connectivity index (χ4n) is 2.68. The third-order valence-corrected chi connectivity index (χ3v) is 6.00. The first kappa shape index (κ1) is 25.2. The number of hydrogen-bond acceptors (Lipinski definition) is 7. The molecule has 0 aliphatic heterocycles. The Morgan fingerprint density at radius 1 is 1.32 bits per heavy atom. The molecular formula is C19H25Cl2N5O4S. The second-order valence-corrected chi connectivity index (χ2v) is 8.09. The maximum absolute atomic E-state index is 12.2. The van der Waals surface area contributed by atoms with Crippen molar-refractivity contribution in [2.24, 2.45) is 5.73 Å². The Hall–Kier alpha value is -2.11. The van der Waals surface area contributed by atoms with Crippen LogP contribution in [0, 0.1) is 0 Å². The number of carbonyl (C=O) groups is 2. The van der Waals surface area contributed by atoms with Gasteiger partial charge < -0.3 is 25.8 Å². The number of rotatable bonds is 11. The van der Waals surface area contributed by atoms with Crippen molar-refractivity contribution in [3.63, 3.8) is 0 Å². The fourth-order valence-corrected chi connectivity index (χ4v) is 3.80. The van der Waals surface area contributed by atoms with E-state index in [0.29, 0.717) is 22.2 Å². The van der Waals surface area contributed by atoms with E-state index in [1.54, 1.807) is 18.2 Å². The topological polar surface area (TPSA) is 130 Å². The SMILES string of the molecule is CCN(CC)CC(O)CNC(=O)Nc1snc(OCc2cccc(Cl)c2Cl)c1C(N)=O. The summed E-state index contributed by atoms with van der Waals surface area (Å²) in [7, 11) is 0. The summed E-state index contributed by atoms with van der Waals surface area (Å²) in [4.78, 5) is 26.1. The monoisotopic (exact) mass is 489 g/mol. The molecule has 0 radical (unpaired) electrons. The summed E-state index contributed by atoms with van der Waals surface area (Å²) < 4.78 is 9.65. The number of nitrogens with one attached hydrogen (secondary N) is 2. The number of anilines is 1. The summed E-state index contributed by atoms with van der Waals surface area (Å²) in [5, 5.41) is 16.0. The molecule has 0 bridgehead atoms. The largest absolute Gasteiger partial charge is 0.472 e. The molecule has 0 saturated carbocycles. The van der Waals surface area contributed by atoms with Gasteiger partial charge in [-0.3, -0.25) is 10.1 Å². The van der Waals surface area contributed by atoms with E-state index in [1.807, 2.05) is 18.7 Å². The third kappa shape index (κ3) is 7.22. The predicted octanol–water partition coefficient (Wildman–Crippen LogP) is 2.95. The lowest BCUT2D eigenvalue weighted by Crippen LogP contribution is -2.41. The number of carbonyl (C=O) groups excluding carboxylic acids is 2. The molecule has 2 aromatic rings. The number of nitrogens with zero attached hydrogens (tertiary/aromatic N) is 2. The highest BCUT2D eigenvalue weighted by Gasteiger charge is 2.22. The molecule has 1 aromatic carbocycles. The smallest absolute Gasteiger partial charge is 0.320 e. The number of ether oxygens (including phenoxy) is 1. The Morgan fingerprint density at radius 3 is 2.68 bits per heavy atom. The van der Waals surface area contributed by atoms with Crippen LogP contribution in [-0.2, 0) is 6.61 Å². The van der Waals surface area contributed by atoms with E-state index in [0.717, 1.165) is 24.6 Å². The molecule has 2 rings (SSSR count). The highest BCUT2D eigenvalue weighted by Crippen LogP contribution is 2.32. The quantitative estimate of drug-likeness (QED) is 0.383. The lowest BCUT2D eigenvalue weighted by molar-refractivity contribution is 0.0996. The molecular weight excluding hydrogens is 465 g/mol. The van der Waals surface area contributed by atoms with Crippen molar-refractivity contribution in [1.29, 1.82) is 0 Å². The summed E-state index contributed by atoms with van der Waals surface area (Å²) in [5.41, 5.74) is 6.00. The molecule has 170 valence electrons. The Morgan fingerprint density at radius 2 is 2.03 bits per heavy atom. The summed E-state index contributed by atoms with van der Waals surface area (Å²) in [6, 6.07) is 4.48. The molecule has 1 unspecified atom stereocenters. The van der Waals surface area contributed by atoms with E-state index in [4.69, 9.17) is 33.7 Å². The Labute approximate surface area is 194 Å². The van der Waals surface area contributed by atoms with Gasteiger partial charge in [0.15, 0.2) is 0 Å². The maximum atomic E-state index is 12.2. The van der Waals surface area contributed by atoms with Crippen LogP contribution in [0.4, 0.5) is 9.80 Å². The van der Waals surface area contributed by atoms with E-state index in [9.17, 15) is 14.7 Å². The first-order valence-electron chi connectivity index (χ1n) is 9.57. The van der Waals surface area contributed by atoms with Gasteiger partial charge in [-0.25, -0.2) is 4.79 Å². The molecule has 1 aromatic heterocycles. The number of nitrogens with two attached hydrogens (primary N) is 1. The number of benzene rings is 1. The second kappa shape index (κ2) is 12.1. The summed E-state index contributed by atoms with van der Waals surface area (Å²) in [6.07, 6.45) is -0.732. The van der Waals surface area contributed by atoms with Gasteiger partial charge in [0, 0.05) is 18.7 Å². The first-order chi connectivity index (χ1) is 14.8. The Kier molecular flexibility index (Phi) is 9.79. The molecule has 0 aliphatic rings. The van der Waals surface area contributed by atoms with Gasteiger partial charge in [-0.15, -0.1) is 0 Å². The van der Waals surface area contributed by atoms with Crippen molar-refractivity contribution in [1.82, 2.24) is 14.6 Å². The molecule has 0 saturated heterocycles. The fraction of sp³-hybridized carbons (Fsp3) is 0.421. The number of aromatic nitrogens is 1. The second-order valence-electron chi connectivity index (χ2n) is 6.53. The highest BCUT2D eigenvalue weighted by atomic mass is 35.5. The predicted molar refractivity (Wildman–Crippen MR) is 122 cm³/mol. The molecule has 9 nitrogen and oxygen atoms in total. The van der Waals surface area contributed by atoms with Gasteiger partial charge in [-0.2, -0.15) is 4.37 Å². The summed E-state index contributed by atoms with van der Waals surface area (Å²) in [6.45, 7) is 6.06. The standard InChI is InChI=1S/C19H25Cl2N5O4S/c1-3-26(4-2)9-12(27)8-23-19(29)24-18-14(16(22)28)17(25-31-18)30-10-11-6-5-7-13(20)15(11)21/h5-7,12,27H,3-4,8-10H2,1-2H3,(H2,22,28)(H2,23,24,29). The molecule has 31 heavy (non-hydrogen) atoms. The molecule has 0 fully saturated rings. The Balaban J connectivity index is 1.99. The van der Waals surface area contributed by atoms with Crippen LogP contribution in [0.5, 0.6) is 5.88 Å². The zero-order valence-electron chi connectivity index (χ0n) is 17.2. The third-order valence-electron chi connectivity index (χ3n) is 4.39. The minimum Gasteiger partial charge on any atom is -0.472 e. The first-order valence-corrected chi connectivity index (χ1v) is 11.1. The minimum absolute atomic E-state index is 0.00654. The van der Waals surface area contributed by atoms with Crippen molar-refractivity contribution < 1.29 is 19.4 Å². The van der Waals surface area contributed by atoms with Crippen molar-refractivity contribution in [3.8, 4) is 5.88 Å². The number of likely N-dealkylation sites (N-methyl/N-ethyl adjacent to an activating group) is 1. The van der Waals surface area contributed by atoms with Crippen LogP contribution in [0.3, 0.4) is 0 Å². The van der Waals surface area contributed by atoms with Crippen molar-refractivity contribution in [2.45, 2.75) is 26.6 Å². The number of amides is 3. The molecule has 1 heterocycles. The van der Waals surface area contributed by atoms with Crippen molar-refractivity contribution in [3.05, 3.63) is 39.4 Å². The van der Waals surface area contributed by atoms with Crippen molar-refractivity contribution in [2.75, 3.05) is 31.5 Å². The van der Waals surface area contributed by atoms with Crippen LogP contribution in [0.2, 0.25) is 10.0 Å². The average Bonchev–Trinajstić information content (AvgIpc) is 3.14. The molecule has 5 N–H and O–H groups in total. The van der Waals surface area contributed by atoms with E-state index < -0.39 is 18.0 Å². The van der Waals surface area contributed by atoms with Gasteiger partial charge in [-0.05, 0) is 30.7 Å². The van der Waals surface area contributed by atoms with E-state index in [-0.39, 0.29) is 29.6 Å². The molecule has 0 spiro atoms. The van der Waals surface area contributed by atoms with E-state index in [1.165, 1.54) is 0 Å². The van der Waals surface area contributed by atoms with Crippen LogP contribution in [0.25, 0.3) is 0 Å². The lowest BCUT2D eigenvalue weighted by Gasteiger charge is -2.22. The van der Waals surface area contributed by atoms with Gasteiger partial charge in [0.25, 0.3) is 5.91 Å². The number of urea groups is 1. The number of hydrogen-bond donors (Lipinski definition) is 4. The zero-order chi connectivity index (χ0) is 23.0. The molecule has 1 atom stereocenters. The van der Waals surface area contributed by atoms with Gasteiger partial charge in [0.1, 0.15) is 17.2 Å².